The molecule has 234 valence electrons. The van der Waals surface area contributed by atoms with Crippen molar-refractivity contribution >= 4 is 58.9 Å². The fraction of sp³-hybridized carbons (Fsp3) is 0.424. The van der Waals surface area contributed by atoms with Crippen molar-refractivity contribution in [1.82, 2.24) is 25.2 Å². The molecule has 8 radical (unpaired) electrons. The first-order chi connectivity index (χ1) is 22.8. The number of phenolic OH excluding ortho intramolecular Hbond substituents is 1. The Morgan fingerprint density at radius 2 is 1.83 bits per heavy atom. The van der Waals surface area contributed by atoms with E-state index in [1.54, 1.807) is 4.90 Å². The number of fused-ring (bicyclic) bond motifs is 5. The molecule has 0 amide bonds. The summed E-state index contributed by atoms with van der Waals surface area (Å²) in [5.74, 6) is 0.902. The number of pyridine rings is 1. The second-order valence-electron chi connectivity index (χ2n) is 13.5. The van der Waals surface area contributed by atoms with Gasteiger partial charge in [-0.05, 0) is 49.3 Å². The molecule has 4 aliphatic rings. The van der Waals surface area contributed by atoms with Crippen molar-refractivity contribution in [2.24, 2.45) is 0 Å². The summed E-state index contributed by atoms with van der Waals surface area (Å²) in [5.41, 5.74) is -1.75. The summed E-state index contributed by atoms with van der Waals surface area (Å²) in [5, 5.41) is 11.5. The predicted molar refractivity (Wildman–Crippen MR) is 179 cm³/mol. The average Bonchev–Trinajstić information content (AvgIpc) is 3.66. The molecule has 2 aromatic carbocycles. The molecule has 2 bridgehead atoms. The van der Waals surface area contributed by atoms with Crippen LogP contribution in [0.15, 0.2) is 30.5 Å². The van der Waals surface area contributed by atoms with Gasteiger partial charge < -0.3 is 25.0 Å². The molecule has 0 saturated carbocycles. The molecule has 2 aromatic heterocycles. The van der Waals surface area contributed by atoms with Gasteiger partial charge in [0.25, 0.3) is 0 Å². The van der Waals surface area contributed by atoms with Gasteiger partial charge in [0.05, 0.1) is 26.6 Å². The number of anilines is 1. The third-order valence-electron chi connectivity index (χ3n) is 10.5. The van der Waals surface area contributed by atoms with Crippen molar-refractivity contribution < 1.29 is 23.0 Å². The van der Waals surface area contributed by atoms with E-state index in [0.717, 1.165) is 12.8 Å². The number of hydrogen-bond donors (Lipinski definition) is 2. The molecule has 3 unspecified atom stereocenters. The van der Waals surface area contributed by atoms with Crippen LogP contribution in [0.1, 0.15) is 37.7 Å². The van der Waals surface area contributed by atoms with Crippen LogP contribution in [0.2, 0.25) is 0 Å². The summed E-state index contributed by atoms with van der Waals surface area (Å²) in [6, 6.07) is 5.34. The molecule has 8 nitrogen and oxygen atoms in total. The molecule has 4 aliphatic heterocycles. The zero-order valence-electron chi connectivity index (χ0n) is 25.9. The quantitative estimate of drug-likeness (QED) is 0.255. The van der Waals surface area contributed by atoms with Gasteiger partial charge in [-0.2, -0.15) is 9.97 Å². The lowest BCUT2D eigenvalue weighted by Gasteiger charge is -2.49. The van der Waals surface area contributed by atoms with Crippen LogP contribution in [0.25, 0.3) is 32.9 Å². The molecule has 4 aromatic rings. The number of nitrogens with zero attached hydrogens (tertiary/aromatic N) is 5. The average molecular weight is 640 g/mol. The van der Waals surface area contributed by atoms with Crippen LogP contribution in [0.5, 0.6) is 11.8 Å². The zero-order chi connectivity index (χ0) is 33.7. The lowest BCUT2D eigenvalue weighted by Crippen LogP contribution is -2.66. The van der Waals surface area contributed by atoms with E-state index in [4.69, 9.17) is 47.5 Å². The summed E-state index contributed by atoms with van der Waals surface area (Å²) in [6.07, 6.45) is 8.19. The third-order valence-corrected chi connectivity index (χ3v) is 10.5. The number of benzene rings is 2. The van der Waals surface area contributed by atoms with Gasteiger partial charge in [-0.1, -0.05) is 17.3 Å². The van der Waals surface area contributed by atoms with Crippen LogP contribution in [-0.4, -0.2) is 111 Å². The van der Waals surface area contributed by atoms with Crippen LogP contribution in [0.4, 0.5) is 19.0 Å². The number of piperazine rings is 1. The molecule has 6 heterocycles. The van der Waals surface area contributed by atoms with Crippen molar-refractivity contribution in [2.75, 3.05) is 24.5 Å². The number of ether oxygens (including phenoxy) is 1. The minimum Gasteiger partial charge on any atom is -0.508 e. The Morgan fingerprint density at radius 3 is 2.56 bits per heavy atom. The Bertz CT molecular complexity index is 2040. The number of phenols is 1. The monoisotopic (exact) mass is 640 g/mol. The van der Waals surface area contributed by atoms with Crippen molar-refractivity contribution in [2.45, 2.75) is 66.6 Å². The normalized spacial score (nSPS) is 26.6. The highest BCUT2D eigenvalue weighted by atomic mass is 19.1. The van der Waals surface area contributed by atoms with Crippen LogP contribution in [-0.2, 0) is 0 Å². The van der Waals surface area contributed by atoms with Crippen LogP contribution < -0.4 is 15.0 Å². The first-order valence-electron chi connectivity index (χ1n) is 15.9. The van der Waals surface area contributed by atoms with Crippen molar-refractivity contribution in [3.8, 4) is 35.4 Å². The Labute approximate surface area is 280 Å². The maximum Gasteiger partial charge on any atom is 0.318 e. The van der Waals surface area contributed by atoms with E-state index in [1.807, 2.05) is 4.90 Å². The van der Waals surface area contributed by atoms with E-state index < -0.39 is 34.1 Å². The number of alkyl halides is 1. The lowest BCUT2D eigenvalue weighted by atomic mass is 9.52. The zero-order valence-corrected chi connectivity index (χ0v) is 25.9. The number of hydrogen-bond acceptors (Lipinski definition) is 8. The fourth-order valence-corrected chi connectivity index (χ4v) is 8.29. The molecular weight excluding hydrogens is 613 g/mol. The lowest BCUT2D eigenvalue weighted by molar-refractivity contribution is 0.0395. The molecule has 15 heteroatoms. The molecule has 4 saturated heterocycles. The topological polar surface area (TPSA) is 86.6 Å². The standard InChI is InChI=1S/C33H27B4F3N6O2/c1-2-21-24(39)6-3-16-9-20(47)10-22(25(16)21)27-26(40)28-23(12-41-27)29(45-14-18-4-5-19(15-45)42-18)44-30(43-28)48-33(36,37)31-7-8-32(34,35)46(31)13-17(38)11-31/h1,3,6,9-10,12,17-19,42,47H,4-5,7-8,11,13-15H2/t17-,18?,19?,31?/m1/s1. The second kappa shape index (κ2) is 10.8. The van der Waals surface area contributed by atoms with Gasteiger partial charge >= 0.3 is 6.01 Å². The molecule has 48 heavy (non-hydrogen) atoms. The number of aromatic nitrogens is 3. The molecule has 2 N–H and O–H groups in total. The predicted octanol–water partition coefficient (Wildman–Crippen LogP) is 2.69. The SMILES string of the molecule is [B]C1([B])CCC2(C([B])([B])Oc3nc(N4CC5CCC(C4)N5)c4cnc(-c5cc(O)cc6ccc(F)c(C#C)c56)c(F)c4n3)C[C@@H](F)CN12. The first-order valence-corrected chi connectivity index (χ1v) is 15.9. The van der Waals surface area contributed by atoms with Gasteiger partial charge in [-0.15, -0.1) is 6.42 Å². The summed E-state index contributed by atoms with van der Waals surface area (Å²) in [4.78, 5) is 17.2. The van der Waals surface area contributed by atoms with Crippen LogP contribution >= 0.6 is 0 Å². The number of aromatic hydroxyl groups is 1. The van der Waals surface area contributed by atoms with E-state index in [-0.39, 0.29) is 82.8 Å². The van der Waals surface area contributed by atoms with E-state index in [1.165, 1.54) is 30.5 Å². The molecule has 4 fully saturated rings. The Balaban J connectivity index is 1.31. The van der Waals surface area contributed by atoms with E-state index in [2.05, 4.69) is 21.2 Å². The van der Waals surface area contributed by atoms with E-state index in [0.29, 0.717) is 24.3 Å². The Kier molecular flexibility index (Phi) is 7.07. The summed E-state index contributed by atoms with van der Waals surface area (Å²) >= 11 is 0. The van der Waals surface area contributed by atoms with Gasteiger partial charge in [0.1, 0.15) is 50.5 Å². The minimum atomic E-state index is -2.09. The summed E-state index contributed by atoms with van der Waals surface area (Å²) in [6.45, 7) is 1.07. The molecule has 0 spiro atoms. The van der Waals surface area contributed by atoms with E-state index >= 15 is 4.39 Å². The van der Waals surface area contributed by atoms with E-state index in [9.17, 15) is 13.9 Å². The maximum absolute atomic E-state index is 16.9. The fourth-order valence-electron chi connectivity index (χ4n) is 8.29. The Morgan fingerprint density at radius 1 is 1.08 bits per heavy atom. The number of halogens is 3. The van der Waals surface area contributed by atoms with Gasteiger partial charge in [-0.25, -0.2) is 13.2 Å². The highest BCUT2D eigenvalue weighted by molar-refractivity contribution is 6.42. The summed E-state index contributed by atoms with van der Waals surface area (Å²) < 4.78 is 52.8. The molecule has 0 aliphatic carbocycles. The largest absolute Gasteiger partial charge is 0.508 e. The first kappa shape index (κ1) is 31.4. The summed E-state index contributed by atoms with van der Waals surface area (Å²) in [7, 11) is 26.0. The van der Waals surface area contributed by atoms with Gasteiger partial charge in [0.15, 0.2) is 5.82 Å². The van der Waals surface area contributed by atoms with Gasteiger partial charge in [0.2, 0.25) is 0 Å². The highest BCUT2D eigenvalue weighted by Crippen LogP contribution is 2.51. The van der Waals surface area contributed by atoms with Gasteiger partial charge in [0, 0.05) is 66.2 Å². The molecule has 8 rings (SSSR count). The maximum atomic E-state index is 16.9. The molecule has 4 atom stereocenters. The minimum absolute atomic E-state index is 0.0642. The number of terminal acetylenes is 1. The molecular formula is C33H27B4F3N6O2. The smallest absolute Gasteiger partial charge is 0.318 e. The van der Waals surface area contributed by atoms with Crippen molar-refractivity contribution in [3.63, 3.8) is 0 Å². The van der Waals surface area contributed by atoms with Crippen LogP contribution in [0.3, 0.4) is 0 Å². The van der Waals surface area contributed by atoms with Crippen molar-refractivity contribution in [1.29, 1.82) is 0 Å². The Hall–Kier alpha value is -3.88. The second-order valence-corrected chi connectivity index (χ2v) is 13.5. The highest BCUT2D eigenvalue weighted by Gasteiger charge is 2.62. The third kappa shape index (κ3) is 4.70. The number of nitrogens with one attached hydrogen (secondary N) is 1. The van der Waals surface area contributed by atoms with Gasteiger partial charge in [-0.3, -0.25) is 4.98 Å². The van der Waals surface area contributed by atoms with Crippen molar-refractivity contribution in [3.05, 3.63) is 47.7 Å². The van der Waals surface area contributed by atoms with Crippen LogP contribution in [0, 0.1) is 24.0 Å². The number of rotatable bonds is 5.